The Hall–Kier alpha value is -2.37. The van der Waals surface area contributed by atoms with Gasteiger partial charge in [-0.15, -0.1) is 0 Å². The molecule has 0 spiro atoms. The zero-order valence-corrected chi connectivity index (χ0v) is 14.4. The number of aliphatic carboxylic acids is 1. The largest absolute Gasteiger partial charge is 0.481 e. The van der Waals surface area contributed by atoms with Gasteiger partial charge in [0.1, 0.15) is 0 Å². The minimum atomic E-state index is -0.794. The lowest BCUT2D eigenvalue weighted by atomic mass is 10.1. The van der Waals surface area contributed by atoms with E-state index in [4.69, 9.17) is 5.11 Å². The molecule has 0 bridgehead atoms. The average Bonchev–Trinajstić information content (AvgIpc) is 3.17. The van der Waals surface area contributed by atoms with Crippen LogP contribution >= 0.6 is 0 Å². The van der Waals surface area contributed by atoms with E-state index in [1.54, 1.807) is 4.90 Å². The van der Waals surface area contributed by atoms with Gasteiger partial charge in [0.2, 0.25) is 11.8 Å². The van der Waals surface area contributed by atoms with Crippen LogP contribution in [-0.2, 0) is 20.9 Å². The van der Waals surface area contributed by atoms with Gasteiger partial charge in [-0.2, -0.15) is 0 Å². The molecule has 1 aromatic carbocycles. The van der Waals surface area contributed by atoms with Gasteiger partial charge in [-0.3, -0.25) is 14.4 Å². The van der Waals surface area contributed by atoms with E-state index < -0.39 is 5.97 Å². The predicted octanol–water partition coefficient (Wildman–Crippen LogP) is 1.71. The molecule has 1 aliphatic carbocycles. The molecule has 2 aliphatic rings. The Morgan fingerprint density at radius 1 is 1.20 bits per heavy atom. The van der Waals surface area contributed by atoms with Gasteiger partial charge in [0.15, 0.2) is 0 Å². The minimum absolute atomic E-state index is 0.00411. The molecular formula is C19H24N2O4. The number of rotatable bonds is 5. The van der Waals surface area contributed by atoms with Crippen molar-refractivity contribution in [2.75, 3.05) is 6.54 Å². The SMILES string of the molecule is Cc1ccc(CN2CC(C(=O)N[C@@H]3CC[C@H](C(=O)O)C3)CC2=O)cc1. The van der Waals surface area contributed by atoms with Crippen LogP contribution in [0.1, 0.15) is 36.8 Å². The maximum absolute atomic E-state index is 12.4. The van der Waals surface area contributed by atoms with Crippen LogP contribution in [0.4, 0.5) is 0 Å². The molecule has 3 rings (SSSR count). The van der Waals surface area contributed by atoms with Crippen LogP contribution in [0.3, 0.4) is 0 Å². The summed E-state index contributed by atoms with van der Waals surface area (Å²) in [6.45, 7) is 2.96. The van der Waals surface area contributed by atoms with Gasteiger partial charge in [-0.25, -0.2) is 0 Å². The Balaban J connectivity index is 1.52. The fourth-order valence-electron chi connectivity index (χ4n) is 3.67. The number of nitrogens with zero attached hydrogens (tertiary/aromatic N) is 1. The summed E-state index contributed by atoms with van der Waals surface area (Å²) < 4.78 is 0. The highest BCUT2D eigenvalue weighted by Gasteiger charge is 2.37. The smallest absolute Gasteiger partial charge is 0.306 e. The summed E-state index contributed by atoms with van der Waals surface area (Å²) in [5, 5.41) is 12.0. The second kappa shape index (κ2) is 7.25. The first kappa shape index (κ1) is 17.5. The topological polar surface area (TPSA) is 86.7 Å². The lowest BCUT2D eigenvalue weighted by Gasteiger charge is -2.18. The van der Waals surface area contributed by atoms with Gasteiger partial charge in [-0.05, 0) is 31.7 Å². The molecule has 1 heterocycles. The molecule has 0 radical (unpaired) electrons. The zero-order valence-electron chi connectivity index (χ0n) is 14.4. The normalized spacial score (nSPS) is 26.0. The first-order chi connectivity index (χ1) is 11.9. The Bertz CT molecular complexity index is 671. The van der Waals surface area contributed by atoms with E-state index in [-0.39, 0.29) is 36.1 Å². The van der Waals surface area contributed by atoms with E-state index in [9.17, 15) is 14.4 Å². The number of amides is 2. The van der Waals surface area contributed by atoms with Gasteiger partial charge >= 0.3 is 5.97 Å². The maximum atomic E-state index is 12.4. The van der Waals surface area contributed by atoms with Gasteiger partial charge in [0.25, 0.3) is 0 Å². The van der Waals surface area contributed by atoms with Crippen molar-refractivity contribution in [1.29, 1.82) is 0 Å². The quantitative estimate of drug-likeness (QED) is 0.851. The van der Waals surface area contributed by atoms with E-state index in [1.165, 1.54) is 5.56 Å². The van der Waals surface area contributed by atoms with Crippen LogP contribution in [0, 0.1) is 18.8 Å². The summed E-state index contributed by atoms with van der Waals surface area (Å²) >= 11 is 0. The summed E-state index contributed by atoms with van der Waals surface area (Å²) in [6, 6.07) is 7.94. The van der Waals surface area contributed by atoms with Gasteiger partial charge in [0, 0.05) is 25.6 Å². The van der Waals surface area contributed by atoms with Crippen molar-refractivity contribution in [2.24, 2.45) is 11.8 Å². The van der Waals surface area contributed by atoms with E-state index in [0.29, 0.717) is 32.4 Å². The minimum Gasteiger partial charge on any atom is -0.481 e. The number of hydrogen-bond acceptors (Lipinski definition) is 3. The first-order valence-electron chi connectivity index (χ1n) is 8.79. The number of benzene rings is 1. The van der Waals surface area contributed by atoms with Gasteiger partial charge < -0.3 is 15.3 Å². The lowest BCUT2D eigenvalue weighted by Crippen LogP contribution is -2.38. The molecule has 2 amide bonds. The summed E-state index contributed by atoms with van der Waals surface area (Å²) in [6.07, 6.45) is 2.00. The zero-order chi connectivity index (χ0) is 18.0. The third-order valence-electron chi connectivity index (χ3n) is 5.21. The Morgan fingerprint density at radius 3 is 2.56 bits per heavy atom. The third-order valence-corrected chi connectivity index (χ3v) is 5.21. The van der Waals surface area contributed by atoms with Crippen molar-refractivity contribution in [3.05, 3.63) is 35.4 Å². The second-order valence-corrected chi connectivity index (χ2v) is 7.21. The first-order valence-corrected chi connectivity index (χ1v) is 8.79. The molecule has 3 atom stereocenters. The van der Waals surface area contributed by atoms with E-state index in [2.05, 4.69) is 5.32 Å². The Kier molecular flexibility index (Phi) is 5.06. The highest BCUT2D eigenvalue weighted by atomic mass is 16.4. The third kappa shape index (κ3) is 4.18. The molecule has 1 aliphatic heterocycles. The van der Waals surface area contributed by atoms with Crippen LogP contribution in [0.2, 0.25) is 0 Å². The molecule has 6 heteroatoms. The van der Waals surface area contributed by atoms with E-state index in [0.717, 1.165) is 5.56 Å². The molecule has 1 aromatic rings. The molecule has 25 heavy (non-hydrogen) atoms. The van der Waals surface area contributed by atoms with Crippen LogP contribution in [0.5, 0.6) is 0 Å². The number of likely N-dealkylation sites (tertiary alicyclic amines) is 1. The Labute approximate surface area is 147 Å². The van der Waals surface area contributed by atoms with Crippen molar-refractivity contribution in [3.8, 4) is 0 Å². The summed E-state index contributed by atoms with van der Waals surface area (Å²) in [5.74, 6) is -1.64. The molecule has 2 fully saturated rings. The monoisotopic (exact) mass is 344 g/mol. The fourth-order valence-corrected chi connectivity index (χ4v) is 3.67. The van der Waals surface area contributed by atoms with E-state index >= 15 is 0 Å². The number of nitrogens with one attached hydrogen (secondary N) is 1. The predicted molar refractivity (Wildman–Crippen MR) is 91.6 cm³/mol. The van der Waals surface area contributed by atoms with Crippen molar-refractivity contribution in [3.63, 3.8) is 0 Å². The summed E-state index contributed by atoms with van der Waals surface area (Å²) in [4.78, 5) is 37.4. The van der Waals surface area contributed by atoms with Crippen LogP contribution in [0.15, 0.2) is 24.3 Å². The molecule has 1 saturated heterocycles. The maximum Gasteiger partial charge on any atom is 0.306 e. The molecule has 0 aromatic heterocycles. The lowest BCUT2D eigenvalue weighted by molar-refractivity contribution is -0.141. The number of carbonyl (C=O) groups is 3. The highest BCUT2D eigenvalue weighted by Crippen LogP contribution is 2.27. The Morgan fingerprint density at radius 2 is 1.92 bits per heavy atom. The van der Waals surface area contributed by atoms with Crippen LogP contribution in [0.25, 0.3) is 0 Å². The van der Waals surface area contributed by atoms with Crippen molar-refractivity contribution in [2.45, 2.75) is 45.2 Å². The van der Waals surface area contributed by atoms with Gasteiger partial charge in [-0.1, -0.05) is 29.8 Å². The summed E-state index contributed by atoms with van der Waals surface area (Å²) in [5.41, 5.74) is 2.23. The molecule has 134 valence electrons. The molecule has 2 N–H and O–H groups in total. The number of carboxylic acids is 1. The van der Waals surface area contributed by atoms with Crippen LogP contribution < -0.4 is 5.32 Å². The molecule has 6 nitrogen and oxygen atoms in total. The number of carboxylic acid groups (broad SMARTS) is 1. The van der Waals surface area contributed by atoms with Crippen molar-refractivity contribution in [1.82, 2.24) is 10.2 Å². The number of carbonyl (C=O) groups excluding carboxylic acids is 2. The second-order valence-electron chi connectivity index (χ2n) is 7.21. The van der Waals surface area contributed by atoms with Crippen LogP contribution in [-0.4, -0.2) is 40.4 Å². The average molecular weight is 344 g/mol. The summed E-state index contributed by atoms with van der Waals surface area (Å²) in [7, 11) is 0. The number of aryl methyl sites for hydroxylation is 1. The van der Waals surface area contributed by atoms with Crippen molar-refractivity contribution < 1.29 is 19.5 Å². The molecule has 1 unspecified atom stereocenters. The van der Waals surface area contributed by atoms with Gasteiger partial charge in [0.05, 0.1) is 11.8 Å². The number of hydrogen-bond donors (Lipinski definition) is 2. The standard InChI is InChI=1S/C19H24N2O4/c1-12-2-4-13(5-3-12)10-21-11-15(9-17(21)22)18(23)20-16-7-6-14(8-16)19(24)25/h2-5,14-16H,6-11H2,1H3,(H,20,23)(H,24,25)/t14-,15?,16+/m0/s1. The van der Waals surface area contributed by atoms with E-state index in [1.807, 2.05) is 31.2 Å². The fraction of sp³-hybridized carbons (Fsp3) is 0.526. The highest BCUT2D eigenvalue weighted by molar-refractivity contribution is 5.89. The van der Waals surface area contributed by atoms with Crippen molar-refractivity contribution >= 4 is 17.8 Å². The molecule has 1 saturated carbocycles. The molecular weight excluding hydrogens is 320 g/mol.